The Labute approximate surface area is 58.9 Å². The van der Waals surface area contributed by atoms with Crippen molar-refractivity contribution >= 4 is 6.29 Å². The Morgan fingerprint density at radius 3 is 2.75 bits per heavy atom. The number of carbonyl (C=O) groups is 1. The molecular formula is C6H5FeO-. The van der Waals surface area contributed by atoms with E-state index in [1.54, 1.807) is 6.08 Å². The summed E-state index contributed by atoms with van der Waals surface area (Å²) in [6, 6.07) is 0. The minimum Gasteiger partial charge on any atom is -0.374 e. The number of hydrogen-bond donors (Lipinski definition) is 0. The summed E-state index contributed by atoms with van der Waals surface area (Å²) in [5, 5.41) is 0. The average molecular weight is 149 g/mol. The van der Waals surface area contributed by atoms with Crippen LogP contribution in [-0.2, 0) is 21.9 Å². The minimum atomic E-state index is 0. The van der Waals surface area contributed by atoms with E-state index in [0.29, 0.717) is 5.57 Å². The number of carbonyl (C=O) groups excluding carboxylic acids is 1. The molecule has 0 aromatic carbocycles. The van der Waals surface area contributed by atoms with Gasteiger partial charge >= 0.3 is 0 Å². The standard InChI is InChI=1S/C6H5O.Fe/c7-5-6-3-1-2-4-6;/h1,3,5H,2H2;/q-1;. The maximum atomic E-state index is 9.86. The zero-order valence-electron chi connectivity index (χ0n) is 4.20. The van der Waals surface area contributed by atoms with Crippen LogP contribution in [0.1, 0.15) is 6.42 Å². The van der Waals surface area contributed by atoms with Crippen LogP contribution < -0.4 is 0 Å². The number of hydrogen-bond acceptors (Lipinski definition) is 1. The van der Waals surface area contributed by atoms with Crippen LogP contribution in [0.2, 0.25) is 0 Å². The van der Waals surface area contributed by atoms with Gasteiger partial charge < -0.3 is 4.79 Å². The van der Waals surface area contributed by atoms with Crippen molar-refractivity contribution < 1.29 is 21.9 Å². The van der Waals surface area contributed by atoms with Gasteiger partial charge in [-0.25, -0.2) is 0 Å². The van der Waals surface area contributed by atoms with Gasteiger partial charge in [0.15, 0.2) is 0 Å². The topological polar surface area (TPSA) is 17.1 Å². The summed E-state index contributed by atoms with van der Waals surface area (Å²) in [7, 11) is 0. The third-order valence-electron chi connectivity index (χ3n) is 0.848. The molecular weight excluding hydrogens is 144 g/mol. The van der Waals surface area contributed by atoms with Crippen molar-refractivity contribution in [3.05, 3.63) is 23.8 Å². The SMILES string of the molecule is O=CC1=[C-]CC=C1.[Fe]. The zero-order valence-corrected chi connectivity index (χ0v) is 5.31. The first-order chi connectivity index (χ1) is 3.43. The van der Waals surface area contributed by atoms with Crippen molar-refractivity contribution in [3.8, 4) is 0 Å². The maximum Gasteiger partial charge on any atom is 0.0364 e. The molecule has 0 saturated heterocycles. The summed E-state index contributed by atoms with van der Waals surface area (Å²) in [5.74, 6) is 0. The van der Waals surface area contributed by atoms with E-state index < -0.39 is 0 Å². The molecule has 1 aliphatic rings. The van der Waals surface area contributed by atoms with Gasteiger partial charge in [0.2, 0.25) is 0 Å². The molecule has 44 valence electrons. The smallest absolute Gasteiger partial charge is 0.0364 e. The monoisotopic (exact) mass is 149 g/mol. The minimum absolute atomic E-state index is 0. The molecule has 0 unspecified atom stereocenters. The largest absolute Gasteiger partial charge is 0.374 e. The molecule has 0 radical (unpaired) electrons. The van der Waals surface area contributed by atoms with Crippen LogP contribution in [0.5, 0.6) is 0 Å². The van der Waals surface area contributed by atoms with Crippen molar-refractivity contribution in [3.63, 3.8) is 0 Å². The van der Waals surface area contributed by atoms with E-state index in [1.165, 1.54) is 0 Å². The first kappa shape index (κ1) is 7.67. The van der Waals surface area contributed by atoms with E-state index in [-0.39, 0.29) is 17.1 Å². The quantitative estimate of drug-likeness (QED) is 0.307. The Balaban J connectivity index is 0.000000490. The molecule has 0 N–H and O–H groups in total. The summed E-state index contributed by atoms with van der Waals surface area (Å²) in [6.45, 7) is 0. The van der Waals surface area contributed by atoms with Gasteiger partial charge in [-0.2, -0.15) is 17.7 Å². The molecule has 0 amide bonds. The van der Waals surface area contributed by atoms with Crippen molar-refractivity contribution in [1.82, 2.24) is 0 Å². The maximum absolute atomic E-state index is 9.86. The van der Waals surface area contributed by atoms with Crippen LogP contribution in [0, 0.1) is 6.08 Å². The second-order valence-corrected chi connectivity index (χ2v) is 1.36. The fourth-order valence-corrected chi connectivity index (χ4v) is 0.503. The molecule has 2 heteroatoms. The Morgan fingerprint density at radius 2 is 2.50 bits per heavy atom. The number of allylic oxidation sites excluding steroid dienone is 4. The summed E-state index contributed by atoms with van der Waals surface area (Å²) in [6.07, 6.45) is 8.13. The molecule has 0 aromatic heterocycles. The molecule has 0 spiro atoms. The first-order valence-corrected chi connectivity index (χ1v) is 2.16. The van der Waals surface area contributed by atoms with Gasteiger partial charge in [-0.3, -0.25) is 0 Å². The number of rotatable bonds is 1. The first-order valence-electron chi connectivity index (χ1n) is 2.16. The average Bonchev–Trinajstić information content (AvgIpc) is 2.14. The predicted molar refractivity (Wildman–Crippen MR) is 26.6 cm³/mol. The van der Waals surface area contributed by atoms with Crippen LogP contribution in [-0.4, -0.2) is 6.29 Å². The summed E-state index contributed by atoms with van der Waals surface area (Å²) in [4.78, 5) is 9.86. The van der Waals surface area contributed by atoms with Gasteiger partial charge in [0.05, 0.1) is 0 Å². The molecule has 0 saturated carbocycles. The van der Waals surface area contributed by atoms with Gasteiger partial charge in [-0.15, -0.1) is 6.08 Å². The number of aldehydes is 1. The van der Waals surface area contributed by atoms with Gasteiger partial charge in [0.25, 0.3) is 0 Å². The van der Waals surface area contributed by atoms with Gasteiger partial charge in [0, 0.05) is 23.4 Å². The van der Waals surface area contributed by atoms with E-state index >= 15 is 0 Å². The van der Waals surface area contributed by atoms with Crippen LogP contribution in [0.25, 0.3) is 0 Å². The Kier molecular flexibility index (Phi) is 3.49. The van der Waals surface area contributed by atoms with E-state index in [0.717, 1.165) is 12.7 Å². The normalized spacial score (nSPS) is 14.8. The second-order valence-electron chi connectivity index (χ2n) is 1.36. The molecule has 1 nitrogen and oxygen atoms in total. The molecule has 0 aliphatic heterocycles. The molecule has 1 rings (SSSR count). The van der Waals surface area contributed by atoms with E-state index in [2.05, 4.69) is 6.08 Å². The fourth-order valence-electron chi connectivity index (χ4n) is 0.503. The molecule has 0 fully saturated rings. The van der Waals surface area contributed by atoms with Crippen LogP contribution in [0.4, 0.5) is 0 Å². The van der Waals surface area contributed by atoms with Crippen LogP contribution in [0.15, 0.2) is 17.7 Å². The van der Waals surface area contributed by atoms with Gasteiger partial charge in [-0.05, 0) is 0 Å². The zero-order chi connectivity index (χ0) is 5.11. The molecule has 8 heavy (non-hydrogen) atoms. The third-order valence-corrected chi connectivity index (χ3v) is 0.848. The van der Waals surface area contributed by atoms with Crippen molar-refractivity contribution in [2.45, 2.75) is 6.42 Å². The second kappa shape index (κ2) is 3.64. The van der Waals surface area contributed by atoms with Gasteiger partial charge in [0.1, 0.15) is 0 Å². The Morgan fingerprint density at radius 1 is 1.75 bits per heavy atom. The summed E-state index contributed by atoms with van der Waals surface area (Å²) < 4.78 is 0. The molecule has 1 aliphatic carbocycles. The molecule has 0 atom stereocenters. The van der Waals surface area contributed by atoms with Crippen molar-refractivity contribution in [1.29, 1.82) is 0 Å². The molecule has 0 bridgehead atoms. The Hall–Kier alpha value is -0.331. The van der Waals surface area contributed by atoms with E-state index in [1.807, 2.05) is 6.08 Å². The van der Waals surface area contributed by atoms with Crippen molar-refractivity contribution in [2.24, 2.45) is 0 Å². The molecule has 0 heterocycles. The van der Waals surface area contributed by atoms with Gasteiger partial charge in [-0.1, -0.05) is 6.42 Å². The molecule has 0 aromatic rings. The van der Waals surface area contributed by atoms with E-state index in [4.69, 9.17) is 0 Å². The summed E-state index contributed by atoms with van der Waals surface area (Å²) in [5.41, 5.74) is 0.681. The fraction of sp³-hybridized carbons (Fsp3) is 0.167. The van der Waals surface area contributed by atoms with Crippen LogP contribution in [0.3, 0.4) is 0 Å². The predicted octanol–water partition coefficient (Wildman–Crippen LogP) is 0.872. The Bertz CT molecular complexity index is 135. The van der Waals surface area contributed by atoms with E-state index in [9.17, 15) is 4.79 Å². The van der Waals surface area contributed by atoms with Crippen molar-refractivity contribution in [2.75, 3.05) is 0 Å². The summed E-state index contributed by atoms with van der Waals surface area (Å²) >= 11 is 0. The third kappa shape index (κ3) is 1.64. The van der Waals surface area contributed by atoms with Crippen LogP contribution >= 0.6 is 0 Å².